The van der Waals surface area contributed by atoms with E-state index in [1.54, 1.807) is 23.1 Å². The van der Waals surface area contributed by atoms with Crippen molar-refractivity contribution in [1.82, 2.24) is 0 Å². The molecule has 0 saturated carbocycles. The Morgan fingerprint density at radius 3 is 2.48 bits per heavy atom. The number of anilines is 2. The molecule has 3 aromatic rings. The minimum absolute atomic E-state index is 0.138. The number of aryl methyl sites for hydroxylation is 1. The van der Waals surface area contributed by atoms with Gasteiger partial charge in [0.25, 0.3) is 5.91 Å². The molecule has 6 nitrogen and oxygen atoms in total. The summed E-state index contributed by atoms with van der Waals surface area (Å²) in [7, 11) is 0. The zero-order valence-electron chi connectivity index (χ0n) is 15.8. The molecular formula is C23H20N2O4. The molecule has 0 bridgehead atoms. The number of hydrogen-bond donors (Lipinski definition) is 2. The van der Waals surface area contributed by atoms with Crippen molar-refractivity contribution in [2.24, 2.45) is 0 Å². The fourth-order valence-corrected chi connectivity index (χ4v) is 3.42. The normalized spacial score (nSPS) is 15.4. The fraction of sp³-hybridized carbons (Fsp3) is 0.130. The summed E-state index contributed by atoms with van der Waals surface area (Å²) in [4.78, 5) is 26.1. The average Bonchev–Trinajstić information content (AvgIpc) is 2.73. The van der Waals surface area contributed by atoms with Crippen LogP contribution in [0.15, 0.2) is 72.8 Å². The van der Waals surface area contributed by atoms with Crippen molar-refractivity contribution in [3.05, 3.63) is 89.5 Å². The number of carbonyl (C=O) groups is 2. The zero-order chi connectivity index (χ0) is 20.4. The van der Waals surface area contributed by atoms with E-state index in [4.69, 9.17) is 9.84 Å². The summed E-state index contributed by atoms with van der Waals surface area (Å²) in [6.45, 7) is 1.53. The third kappa shape index (κ3) is 3.65. The summed E-state index contributed by atoms with van der Waals surface area (Å²) in [6.07, 6.45) is -0.551. The van der Waals surface area contributed by atoms with Crippen LogP contribution >= 0.6 is 0 Å². The highest BCUT2D eigenvalue weighted by molar-refractivity contribution is 6.12. The lowest BCUT2D eigenvalue weighted by molar-refractivity contribution is -0.139. The molecule has 0 aliphatic carbocycles. The molecule has 1 heterocycles. The van der Waals surface area contributed by atoms with Crippen molar-refractivity contribution in [3.63, 3.8) is 0 Å². The van der Waals surface area contributed by atoms with Crippen LogP contribution in [0, 0.1) is 6.92 Å². The number of nitrogens with one attached hydrogen (secondary N) is 1. The fourth-order valence-electron chi connectivity index (χ4n) is 3.42. The Morgan fingerprint density at radius 1 is 1.03 bits per heavy atom. The van der Waals surface area contributed by atoms with Crippen LogP contribution in [0.5, 0.6) is 5.75 Å². The molecule has 0 saturated heterocycles. The lowest BCUT2D eigenvalue weighted by Gasteiger charge is -2.38. The predicted octanol–water partition coefficient (Wildman–Crippen LogP) is 4.23. The number of nitrogens with zero attached hydrogens (tertiary/aromatic N) is 1. The maximum Gasteiger partial charge on any atom is 0.341 e. The molecular weight excluding hydrogens is 368 g/mol. The molecule has 0 aromatic heterocycles. The maximum absolute atomic E-state index is 13.4. The highest BCUT2D eigenvalue weighted by Gasteiger charge is 2.35. The second-order valence-electron chi connectivity index (χ2n) is 6.82. The summed E-state index contributed by atoms with van der Waals surface area (Å²) >= 11 is 0. The van der Waals surface area contributed by atoms with Gasteiger partial charge in [-0.3, -0.25) is 9.69 Å². The Labute approximate surface area is 168 Å². The number of ether oxygens (including phenoxy) is 1. The molecule has 3 aromatic carbocycles. The molecule has 1 amide bonds. The van der Waals surface area contributed by atoms with Crippen LogP contribution < -0.4 is 15.0 Å². The molecule has 6 heteroatoms. The van der Waals surface area contributed by atoms with Crippen LogP contribution in [-0.4, -0.2) is 23.6 Å². The number of para-hydroxylation sites is 2. The van der Waals surface area contributed by atoms with Gasteiger partial charge in [-0.15, -0.1) is 0 Å². The van der Waals surface area contributed by atoms with Crippen molar-refractivity contribution >= 4 is 23.3 Å². The Morgan fingerprint density at radius 2 is 1.72 bits per heavy atom. The molecule has 0 spiro atoms. The van der Waals surface area contributed by atoms with Gasteiger partial charge in [-0.05, 0) is 37.3 Å². The second-order valence-corrected chi connectivity index (χ2v) is 6.82. The standard InChI is InChI=1S/C23H20N2O4/c1-15-10-12-16(13-11-15)25-22(24-19-8-4-2-6-17(19)23(25)28)18-7-3-5-9-20(18)29-14-21(26)27/h2-13,22,24H,14H2,1H3,(H,26,27)/t22-/m0/s1. The van der Waals surface area contributed by atoms with E-state index in [2.05, 4.69) is 5.32 Å². The van der Waals surface area contributed by atoms with Crippen molar-refractivity contribution in [2.75, 3.05) is 16.8 Å². The van der Waals surface area contributed by atoms with E-state index < -0.39 is 18.7 Å². The van der Waals surface area contributed by atoms with Crippen molar-refractivity contribution in [2.45, 2.75) is 13.1 Å². The Hall–Kier alpha value is -3.80. The number of amides is 1. The predicted molar refractivity (Wildman–Crippen MR) is 110 cm³/mol. The van der Waals surface area contributed by atoms with Gasteiger partial charge < -0.3 is 15.2 Å². The third-order valence-electron chi connectivity index (χ3n) is 4.80. The van der Waals surface area contributed by atoms with E-state index in [0.29, 0.717) is 16.9 Å². The van der Waals surface area contributed by atoms with Crippen LogP contribution in [0.25, 0.3) is 0 Å². The smallest absolute Gasteiger partial charge is 0.341 e. The summed E-state index contributed by atoms with van der Waals surface area (Å²) in [5.41, 5.74) is 3.80. The van der Waals surface area contributed by atoms with Gasteiger partial charge in [0, 0.05) is 16.9 Å². The largest absolute Gasteiger partial charge is 0.481 e. The summed E-state index contributed by atoms with van der Waals surface area (Å²) < 4.78 is 5.50. The van der Waals surface area contributed by atoms with E-state index >= 15 is 0 Å². The van der Waals surface area contributed by atoms with Crippen LogP contribution in [0.2, 0.25) is 0 Å². The van der Waals surface area contributed by atoms with Gasteiger partial charge in [0.05, 0.1) is 5.56 Å². The topological polar surface area (TPSA) is 78.9 Å². The molecule has 2 N–H and O–H groups in total. The molecule has 0 fully saturated rings. The quantitative estimate of drug-likeness (QED) is 0.684. The SMILES string of the molecule is Cc1ccc(N2C(=O)c3ccccc3N[C@@H]2c2ccccc2OCC(=O)O)cc1. The monoisotopic (exact) mass is 388 g/mol. The van der Waals surface area contributed by atoms with E-state index in [-0.39, 0.29) is 5.91 Å². The molecule has 29 heavy (non-hydrogen) atoms. The van der Waals surface area contributed by atoms with Crippen LogP contribution in [0.1, 0.15) is 27.7 Å². The maximum atomic E-state index is 13.4. The number of carbonyl (C=O) groups excluding carboxylic acids is 1. The Balaban J connectivity index is 1.82. The summed E-state index contributed by atoms with van der Waals surface area (Å²) in [5.74, 6) is -0.786. The van der Waals surface area contributed by atoms with Gasteiger partial charge in [-0.2, -0.15) is 0 Å². The van der Waals surface area contributed by atoms with Gasteiger partial charge in [0.1, 0.15) is 11.9 Å². The zero-order valence-corrected chi connectivity index (χ0v) is 15.8. The summed E-state index contributed by atoms with van der Waals surface area (Å²) in [5, 5.41) is 12.4. The van der Waals surface area contributed by atoms with Crippen molar-refractivity contribution in [1.29, 1.82) is 0 Å². The minimum atomic E-state index is -1.06. The first-order valence-electron chi connectivity index (χ1n) is 9.24. The first kappa shape index (κ1) is 18.6. The van der Waals surface area contributed by atoms with Gasteiger partial charge in [-0.1, -0.05) is 48.0 Å². The molecule has 1 aliphatic rings. The molecule has 1 aliphatic heterocycles. The van der Waals surface area contributed by atoms with E-state index in [1.165, 1.54) is 0 Å². The van der Waals surface area contributed by atoms with Crippen molar-refractivity contribution < 1.29 is 19.4 Å². The second kappa shape index (κ2) is 7.67. The van der Waals surface area contributed by atoms with E-state index in [9.17, 15) is 9.59 Å². The number of aliphatic carboxylic acids is 1. The minimum Gasteiger partial charge on any atom is -0.481 e. The lowest BCUT2D eigenvalue weighted by atomic mass is 10.0. The first-order valence-corrected chi connectivity index (χ1v) is 9.24. The van der Waals surface area contributed by atoms with Gasteiger partial charge in [0.15, 0.2) is 6.61 Å². The van der Waals surface area contributed by atoms with Crippen LogP contribution in [0.3, 0.4) is 0 Å². The number of rotatable bonds is 5. The lowest BCUT2D eigenvalue weighted by Crippen LogP contribution is -2.43. The highest BCUT2D eigenvalue weighted by Crippen LogP contribution is 2.39. The third-order valence-corrected chi connectivity index (χ3v) is 4.80. The highest BCUT2D eigenvalue weighted by atomic mass is 16.5. The molecule has 0 unspecified atom stereocenters. The summed E-state index contributed by atoms with van der Waals surface area (Å²) in [6, 6.07) is 22.2. The number of carboxylic acid groups (broad SMARTS) is 1. The van der Waals surface area contributed by atoms with E-state index in [1.807, 2.05) is 61.5 Å². The number of fused-ring (bicyclic) bond motifs is 1. The first-order chi connectivity index (χ1) is 14.0. The average molecular weight is 388 g/mol. The Kier molecular flexibility index (Phi) is 4.91. The molecule has 0 radical (unpaired) electrons. The molecule has 1 atom stereocenters. The van der Waals surface area contributed by atoms with Gasteiger partial charge in [-0.25, -0.2) is 4.79 Å². The van der Waals surface area contributed by atoms with Crippen LogP contribution in [-0.2, 0) is 4.79 Å². The number of carboxylic acids is 1. The number of benzene rings is 3. The van der Waals surface area contributed by atoms with Gasteiger partial charge in [0.2, 0.25) is 0 Å². The molecule has 146 valence electrons. The van der Waals surface area contributed by atoms with Crippen molar-refractivity contribution in [3.8, 4) is 5.75 Å². The van der Waals surface area contributed by atoms with Crippen LogP contribution in [0.4, 0.5) is 11.4 Å². The molecule has 4 rings (SSSR count). The van der Waals surface area contributed by atoms with E-state index in [0.717, 1.165) is 16.9 Å². The Bertz CT molecular complexity index is 1060. The van der Waals surface area contributed by atoms with Gasteiger partial charge >= 0.3 is 5.97 Å². The number of hydrogen-bond acceptors (Lipinski definition) is 4.